The first kappa shape index (κ1) is 15.9. The normalized spacial score (nSPS) is 10.9. The molecule has 0 spiro atoms. The van der Waals surface area contributed by atoms with Crippen molar-refractivity contribution in [3.8, 4) is 11.3 Å². The van der Waals surface area contributed by atoms with E-state index in [1.807, 2.05) is 0 Å². The van der Waals surface area contributed by atoms with Crippen LogP contribution < -0.4 is 0 Å². The van der Waals surface area contributed by atoms with Crippen molar-refractivity contribution < 1.29 is 14.8 Å². The van der Waals surface area contributed by atoms with Gasteiger partial charge in [0, 0.05) is 30.3 Å². The number of pyridine rings is 1. The summed E-state index contributed by atoms with van der Waals surface area (Å²) in [5.74, 6) is -0.933. The standard InChI is InChI=1S/C16H12ClN3O4/c17-11-4-6-14-18-16(10-2-1-3-12(8-10)20(23)24)13(19(14)9-11)5-7-15(21)22/h1-4,6,8-9H,5,7H2,(H,21,22). The van der Waals surface area contributed by atoms with Crippen molar-refractivity contribution in [1.82, 2.24) is 9.38 Å². The molecule has 0 saturated carbocycles. The third kappa shape index (κ3) is 3.07. The molecule has 0 atom stereocenters. The number of aromatic nitrogens is 2. The summed E-state index contributed by atoms with van der Waals surface area (Å²) in [6, 6.07) is 9.50. The molecule has 1 N–H and O–H groups in total. The van der Waals surface area contributed by atoms with Gasteiger partial charge in [-0.15, -0.1) is 0 Å². The van der Waals surface area contributed by atoms with Crippen molar-refractivity contribution in [2.24, 2.45) is 0 Å². The van der Waals surface area contributed by atoms with E-state index in [1.54, 1.807) is 34.9 Å². The van der Waals surface area contributed by atoms with E-state index < -0.39 is 10.9 Å². The van der Waals surface area contributed by atoms with Gasteiger partial charge in [0.25, 0.3) is 5.69 Å². The van der Waals surface area contributed by atoms with E-state index in [0.717, 1.165) is 0 Å². The Labute approximate surface area is 141 Å². The van der Waals surface area contributed by atoms with Crippen LogP contribution in [-0.4, -0.2) is 25.4 Å². The lowest BCUT2D eigenvalue weighted by molar-refractivity contribution is -0.384. The number of hydrogen-bond acceptors (Lipinski definition) is 4. The van der Waals surface area contributed by atoms with Crippen molar-refractivity contribution in [2.75, 3.05) is 0 Å². The van der Waals surface area contributed by atoms with E-state index in [9.17, 15) is 14.9 Å². The highest BCUT2D eigenvalue weighted by molar-refractivity contribution is 6.30. The molecule has 7 nitrogen and oxygen atoms in total. The van der Waals surface area contributed by atoms with E-state index >= 15 is 0 Å². The van der Waals surface area contributed by atoms with E-state index in [1.165, 1.54) is 12.1 Å². The summed E-state index contributed by atoms with van der Waals surface area (Å²) in [6.45, 7) is 0. The van der Waals surface area contributed by atoms with Gasteiger partial charge in [-0.25, -0.2) is 4.98 Å². The summed E-state index contributed by atoms with van der Waals surface area (Å²) in [7, 11) is 0. The van der Waals surface area contributed by atoms with Gasteiger partial charge < -0.3 is 9.51 Å². The SMILES string of the molecule is O=C(O)CCc1c(-c2cccc([N+](=O)[O-])c2)nc2ccc(Cl)cn12. The number of benzene rings is 1. The highest BCUT2D eigenvalue weighted by Gasteiger charge is 2.17. The van der Waals surface area contributed by atoms with Crippen LogP contribution in [0.25, 0.3) is 16.9 Å². The van der Waals surface area contributed by atoms with E-state index in [-0.39, 0.29) is 18.5 Å². The summed E-state index contributed by atoms with van der Waals surface area (Å²) in [4.78, 5) is 25.9. The number of carboxylic acids is 1. The van der Waals surface area contributed by atoms with Gasteiger partial charge in [-0.2, -0.15) is 0 Å². The Morgan fingerprint density at radius 3 is 2.83 bits per heavy atom. The van der Waals surface area contributed by atoms with Crippen LogP contribution in [0.5, 0.6) is 0 Å². The Morgan fingerprint density at radius 1 is 1.33 bits per heavy atom. The molecule has 0 saturated heterocycles. The minimum Gasteiger partial charge on any atom is -0.481 e. The highest BCUT2D eigenvalue weighted by atomic mass is 35.5. The number of nitro groups is 1. The molecule has 3 aromatic rings. The number of non-ortho nitro benzene ring substituents is 1. The number of imidazole rings is 1. The summed E-state index contributed by atoms with van der Waals surface area (Å²) in [6.07, 6.45) is 1.80. The molecular formula is C16H12ClN3O4. The minimum absolute atomic E-state index is 0.0493. The first-order chi connectivity index (χ1) is 11.5. The van der Waals surface area contributed by atoms with Crippen LogP contribution in [-0.2, 0) is 11.2 Å². The van der Waals surface area contributed by atoms with Crippen LogP contribution >= 0.6 is 11.6 Å². The fourth-order valence-electron chi connectivity index (χ4n) is 2.53. The summed E-state index contributed by atoms with van der Waals surface area (Å²) in [5.41, 5.74) is 2.27. The third-order valence-electron chi connectivity index (χ3n) is 3.59. The molecule has 0 aliphatic heterocycles. The largest absolute Gasteiger partial charge is 0.481 e. The van der Waals surface area contributed by atoms with E-state index in [2.05, 4.69) is 4.98 Å². The van der Waals surface area contributed by atoms with Crippen LogP contribution in [0, 0.1) is 10.1 Å². The van der Waals surface area contributed by atoms with Gasteiger partial charge in [-0.1, -0.05) is 23.7 Å². The first-order valence-electron chi connectivity index (χ1n) is 7.09. The second-order valence-electron chi connectivity index (χ2n) is 5.18. The molecule has 0 bridgehead atoms. The van der Waals surface area contributed by atoms with Crippen LogP contribution in [0.4, 0.5) is 5.69 Å². The van der Waals surface area contributed by atoms with Gasteiger partial charge in [0.1, 0.15) is 5.65 Å². The summed E-state index contributed by atoms with van der Waals surface area (Å²) >= 11 is 6.02. The molecule has 2 heterocycles. The highest BCUT2D eigenvalue weighted by Crippen LogP contribution is 2.29. The lowest BCUT2D eigenvalue weighted by Gasteiger charge is -2.04. The van der Waals surface area contributed by atoms with Crippen molar-refractivity contribution in [2.45, 2.75) is 12.8 Å². The third-order valence-corrected chi connectivity index (χ3v) is 3.81. The minimum atomic E-state index is -0.933. The van der Waals surface area contributed by atoms with Gasteiger partial charge in [0.15, 0.2) is 0 Å². The maximum absolute atomic E-state index is 11.0. The van der Waals surface area contributed by atoms with Gasteiger partial charge in [-0.3, -0.25) is 14.9 Å². The zero-order chi connectivity index (χ0) is 17.3. The van der Waals surface area contributed by atoms with E-state index in [4.69, 9.17) is 16.7 Å². The number of fused-ring (bicyclic) bond motifs is 1. The zero-order valence-electron chi connectivity index (χ0n) is 12.3. The second kappa shape index (κ2) is 6.29. The fraction of sp³-hybridized carbons (Fsp3) is 0.125. The monoisotopic (exact) mass is 345 g/mol. The van der Waals surface area contributed by atoms with Crippen LogP contribution in [0.1, 0.15) is 12.1 Å². The molecule has 24 heavy (non-hydrogen) atoms. The number of aliphatic carboxylic acids is 1. The van der Waals surface area contributed by atoms with Crippen molar-refractivity contribution in [3.63, 3.8) is 0 Å². The Bertz CT molecular complexity index is 952. The number of carbonyl (C=O) groups is 1. The van der Waals surface area contributed by atoms with E-state index in [0.29, 0.717) is 27.6 Å². The molecule has 1 aromatic carbocycles. The molecule has 0 amide bonds. The van der Waals surface area contributed by atoms with Crippen LogP contribution in [0.2, 0.25) is 5.02 Å². The molecule has 0 aliphatic rings. The Balaban J connectivity index is 2.19. The van der Waals surface area contributed by atoms with Gasteiger partial charge in [-0.05, 0) is 12.1 Å². The number of aryl methyl sites for hydroxylation is 1. The fourth-order valence-corrected chi connectivity index (χ4v) is 2.69. The molecule has 122 valence electrons. The number of rotatable bonds is 5. The number of hydrogen-bond donors (Lipinski definition) is 1. The Hall–Kier alpha value is -2.93. The number of nitro benzene ring substituents is 1. The number of halogens is 1. The summed E-state index contributed by atoms with van der Waals surface area (Å²) < 4.78 is 1.72. The molecule has 2 aromatic heterocycles. The maximum atomic E-state index is 11.0. The molecule has 0 unspecified atom stereocenters. The molecule has 0 fully saturated rings. The van der Waals surface area contributed by atoms with Crippen LogP contribution in [0.15, 0.2) is 42.6 Å². The van der Waals surface area contributed by atoms with Crippen LogP contribution in [0.3, 0.4) is 0 Å². The average Bonchev–Trinajstić information content (AvgIpc) is 2.90. The predicted molar refractivity (Wildman–Crippen MR) is 88.2 cm³/mol. The topological polar surface area (TPSA) is 97.7 Å². The lowest BCUT2D eigenvalue weighted by Crippen LogP contribution is -2.01. The van der Waals surface area contributed by atoms with Gasteiger partial charge in [0.05, 0.1) is 27.8 Å². The molecule has 0 aliphatic carbocycles. The second-order valence-corrected chi connectivity index (χ2v) is 5.62. The number of carboxylic acid groups (broad SMARTS) is 1. The molecule has 3 rings (SSSR count). The quantitative estimate of drug-likeness (QED) is 0.563. The number of nitrogens with zero attached hydrogens (tertiary/aromatic N) is 3. The maximum Gasteiger partial charge on any atom is 0.303 e. The zero-order valence-corrected chi connectivity index (χ0v) is 13.1. The molecular weight excluding hydrogens is 334 g/mol. The van der Waals surface area contributed by atoms with Crippen molar-refractivity contribution >= 4 is 28.9 Å². The smallest absolute Gasteiger partial charge is 0.303 e. The Kier molecular flexibility index (Phi) is 4.18. The van der Waals surface area contributed by atoms with Gasteiger partial charge >= 0.3 is 5.97 Å². The van der Waals surface area contributed by atoms with Crippen molar-refractivity contribution in [1.29, 1.82) is 0 Å². The molecule has 8 heteroatoms. The Morgan fingerprint density at radius 2 is 2.12 bits per heavy atom. The lowest BCUT2D eigenvalue weighted by atomic mass is 10.1. The first-order valence-corrected chi connectivity index (χ1v) is 7.46. The summed E-state index contributed by atoms with van der Waals surface area (Å²) in [5, 5.41) is 20.4. The van der Waals surface area contributed by atoms with Gasteiger partial charge in [0.2, 0.25) is 0 Å². The van der Waals surface area contributed by atoms with Crippen molar-refractivity contribution in [3.05, 3.63) is 63.4 Å². The predicted octanol–water partition coefficient (Wildman–Crippen LogP) is 3.58. The molecule has 0 radical (unpaired) electrons. The average molecular weight is 346 g/mol.